The summed E-state index contributed by atoms with van der Waals surface area (Å²) in [7, 11) is -3.10. The lowest BCUT2D eigenvalue weighted by atomic mass is 10.2. The van der Waals surface area contributed by atoms with E-state index < -0.39 is 26.1 Å². The highest BCUT2D eigenvalue weighted by Gasteiger charge is 2.09. The maximum atomic E-state index is 11.0. The molecule has 0 aliphatic rings. The van der Waals surface area contributed by atoms with Crippen LogP contribution in [0.1, 0.15) is 0 Å². The van der Waals surface area contributed by atoms with Crippen molar-refractivity contribution in [2.75, 3.05) is 11.7 Å². The topological polar surface area (TPSA) is 155 Å². The number of nitrogens with two attached hydrogens (primary N) is 1. The van der Waals surface area contributed by atoms with Gasteiger partial charge in [0.25, 0.3) is 5.43 Å². The zero-order valence-corrected chi connectivity index (χ0v) is 15.2. The summed E-state index contributed by atoms with van der Waals surface area (Å²) in [5.41, 5.74) is 0.804. The summed E-state index contributed by atoms with van der Waals surface area (Å²) in [5, 5.41) is 0.458. The molecule has 0 saturated heterocycles. The fraction of sp³-hybridized carbons (Fsp3) is 0.0625. The SMILES string of the molecule is CS(=O)(=O)c1ccc(NN)cc1.Cl.O.O=c1c(=O)c2ccccc2c1=O. The molecule has 140 valence electrons. The Hall–Kier alpha value is -2.59. The van der Waals surface area contributed by atoms with Gasteiger partial charge in [-0.1, -0.05) is 24.3 Å². The number of hydrogen-bond donors (Lipinski definition) is 2. The smallest absolute Gasteiger partial charge is 0.273 e. The van der Waals surface area contributed by atoms with Crippen molar-refractivity contribution < 1.29 is 13.9 Å². The highest BCUT2D eigenvalue weighted by molar-refractivity contribution is 7.90. The standard InChI is InChI=1S/C9H4O3.C7H10N2O2S.ClH.H2O/c10-7-5-3-1-2-4-6(5)8(11)9(7)12;1-12(10,11)7-4-2-6(9-8)3-5-7;;/h1-4H;2-5,9H,8H2,1H3;1H;1H2. The fourth-order valence-electron chi connectivity index (χ4n) is 2.03. The third kappa shape index (κ3) is 4.96. The van der Waals surface area contributed by atoms with Crippen LogP contribution >= 0.6 is 12.4 Å². The molecule has 3 aromatic rings. The Bertz CT molecular complexity index is 1070. The molecule has 0 fully saturated rings. The van der Waals surface area contributed by atoms with Crippen molar-refractivity contribution in [1.82, 2.24) is 0 Å². The highest BCUT2D eigenvalue weighted by Crippen LogP contribution is 2.12. The summed E-state index contributed by atoms with van der Waals surface area (Å²) in [4.78, 5) is 33.2. The fourth-order valence-corrected chi connectivity index (χ4v) is 2.66. The van der Waals surface area contributed by atoms with Crippen molar-refractivity contribution in [1.29, 1.82) is 0 Å². The van der Waals surface area contributed by atoms with Gasteiger partial charge in [-0.3, -0.25) is 20.2 Å². The molecule has 0 aliphatic heterocycles. The number of sulfone groups is 1. The molecule has 0 amide bonds. The Kier molecular flexibility index (Phi) is 8.29. The van der Waals surface area contributed by atoms with Crippen LogP contribution in [0.15, 0.2) is 67.8 Å². The zero-order valence-electron chi connectivity index (χ0n) is 13.6. The van der Waals surface area contributed by atoms with E-state index in [2.05, 4.69) is 5.43 Å². The van der Waals surface area contributed by atoms with E-state index in [0.29, 0.717) is 10.6 Å². The molecule has 3 rings (SSSR count). The quantitative estimate of drug-likeness (QED) is 0.342. The number of anilines is 1. The first-order chi connectivity index (χ1) is 11.3. The molecule has 0 atom stereocenters. The summed E-state index contributed by atoms with van der Waals surface area (Å²) >= 11 is 0. The number of hydrazine groups is 1. The maximum absolute atomic E-state index is 11.0. The van der Waals surface area contributed by atoms with Gasteiger partial charge in [0.1, 0.15) is 0 Å². The molecule has 0 heterocycles. The van der Waals surface area contributed by atoms with Crippen molar-refractivity contribution >= 4 is 38.7 Å². The Morgan fingerprint density at radius 2 is 1.23 bits per heavy atom. The second kappa shape index (κ2) is 9.20. The molecule has 10 heteroatoms. The largest absolute Gasteiger partial charge is 0.412 e. The van der Waals surface area contributed by atoms with Crippen LogP contribution in [-0.2, 0) is 9.84 Å². The third-order valence-corrected chi connectivity index (χ3v) is 4.41. The first-order valence-corrected chi connectivity index (χ1v) is 8.64. The summed E-state index contributed by atoms with van der Waals surface area (Å²) in [5.74, 6) is 5.11. The van der Waals surface area contributed by atoms with Crippen molar-refractivity contribution in [2.24, 2.45) is 5.84 Å². The van der Waals surface area contributed by atoms with Gasteiger partial charge in [-0.05, 0) is 24.3 Å². The lowest BCUT2D eigenvalue weighted by molar-refractivity contribution is 0.602. The minimum atomic E-state index is -3.10. The Balaban J connectivity index is 0.000000446. The summed E-state index contributed by atoms with van der Waals surface area (Å²) < 4.78 is 22.0. The molecule has 0 aliphatic carbocycles. The van der Waals surface area contributed by atoms with Crippen molar-refractivity contribution in [3.8, 4) is 0 Å². The molecule has 0 radical (unpaired) electrons. The maximum Gasteiger partial charge on any atom is 0.273 e. The van der Waals surface area contributed by atoms with Gasteiger partial charge in [-0.2, -0.15) is 0 Å². The number of halogens is 1. The predicted molar refractivity (Wildman–Crippen MR) is 103 cm³/mol. The van der Waals surface area contributed by atoms with Gasteiger partial charge in [-0.25, -0.2) is 8.42 Å². The Labute approximate surface area is 154 Å². The molecule has 0 spiro atoms. The van der Waals surface area contributed by atoms with Crippen LogP contribution in [-0.4, -0.2) is 20.1 Å². The van der Waals surface area contributed by atoms with E-state index in [9.17, 15) is 22.8 Å². The molecule has 8 nitrogen and oxygen atoms in total. The van der Waals surface area contributed by atoms with Crippen LogP contribution in [0.2, 0.25) is 0 Å². The molecule has 26 heavy (non-hydrogen) atoms. The van der Waals surface area contributed by atoms with Gasteiger partial charge in [0.05, 0.1) is 4.90 Å². The molecule has 3 aromatic carbocycles. The van der Waals surface area contributed by atoms with Gasteiger partial charge in [0.2, 0.25) is 10.9 Å². The molecule has 0 unspecified atom stereocenters. The highest BCUT2D eigenvalue weighted by atomic mass is 35.5. The van der Waals surface area contributed by atoms with Gasteiger partial charge >= 0.3 is 0 Å². The van der Waals surface area contributed by atoms with E-state index in [-0.39, 0.29) is 28.7 Å². The van der Waals surface area contributed by atoms with E-state index in [1.165, 1.54) is 24.3 Å². The summed E-state index contributed by atoms with van der Waals surface area (Å²) in [6.45, 7) is 0. The number of nitrogen functional groups attached to an aromatic ring is 1. The molecule has 0 bridgehead atoms. The van der Waals surface area contributed by atoms with E-state index in [1.54, 1.807) is 24.3 Å². The first-order valence-electron chi connectivity index (χ1n) is 6.75. The van der Waals surface area contributed by atoms with Crippen LogP contribution in [0, 0.1) is 0 Å². The number of rotatable bonds is 2. The number of nitrogens with one attached hydrogen (secondary N) is 1. The van der Waals surface area contributed by atoms with Crippen molar-refractivity contribution in [3.63, 3.8) is 0 Å². The van der Waals surface area contributed by atoms with E-state index in [0.717, 1.165) is 6.26 Å². The van der Waals surface area contributed by atoms with Crippen LogP contribution in [0.4, 0.5) is 5.69 Å². The second-order valence-electron chi connectivity index (χ2n) is 4.97. The lowest BCUT2D eigenvalue weighted by Crippen LogP contribution is -2.29. The minimum absolute atomic E-state index is 0. The second-order valence-corrected chi connectivity index (χ2v) is 6.99. The van der Waals surface area contributed by atoms with Crippen LogP contribution in [0.3, 0.4) is 0 Å². The first kappa shape index (κ1) is 23.4. The molecular weight excluding hydrogens is 384 g/mol. The Morgan fingerprint density at radius 1 is 0.808 bits per heavy atom. The van der Waals surface area contributed by atoms with Gasteiger partial charge in [-0.15, -0.1) is 12.4 Å². The average Bonchev–Trinajstić information content (AvgIpc) is 2.80. The van der Waals surface area contributed by atoms with Crippen LogP contribution in [0.5, 0.6) is 0 Å². The van der Waals surface area contributed by atoms with Gasteiger partial charge in [0.15, 0.2) is 9.84 Å². The normalized spacial score (nSPS) is 10.1. The molecule has 0 aromatic heterocycles. The summed E-state index contributed by atoms with van der Waals surface area (Å²) in [6, 6.07) is 12.5. The lowest BCUT2D eigenvalue weighted by Gasteiger charge is -2.00. The predicted octanol–water partition coefficient (Wildman–Crippen LogP) is -0.231. The monoisotopic (exact) mass is 400 g/mol. The number of hydrogen-bond acceptors (Lipinski definition) is 7. The van der Waals surface area contributed by atoms with Gasteiger partial charge in [0, 0.05) is 22.7 Å². The average molecular weight is 401 g/mol. The molecular formula is C16H17ClN2O6S. The van der Waals surface area contributed by atoms with E-state index in [4.69, 9.17) is 5.84 Å². The van der Waals surface area contributed by atoms with Crippen molar-refractivity contribution in [3.05, 3.63) is 79.2 Å². The Morgan fingerprint density at radius 3 is 1.58 bits per heavy atom. The third-order valence-electron chi connectivity index (χ3n) is 3.28. The number of benzene rings is 2. The van der Waals surface area contributed by atoms with E-state index in [1.807, 2.05) is 0 Å². The van der Waals surface area contributed by atoms with Crippen molar-refractivity contribution in [2.45, 2.75) is 4.90 Å². The number of fused-ring (bicyclic) bond motifs is 1. The molecule has 0 saturated carbocycles. The summed E-state index contributed by atoms with van der Waals surface area (Å²) in [6.07, 6.45) is 1.16. The minimum Gasteiger partial charge on any atom is -0.412 e. The van der Waals surface area contributed by atoms with Crippen LogP contribution < -0.4 is 27.6 Å². The zero-order chi connectivity index (χ0) is 17.9. The van der Waals surface area contributed by atoms with Gasteiger partial charge < -0.3 is 10.9 Å². The van der Waals surface area contributed by atoms with Crippen LogP contribution in [0.25, 0.3) is 10.8 Å². The molecule has 5 N–H and O–H groups in total. The van der Waals surface area contributed by atoms with E-state index >= 15 is 0 Å².